The highest BCUT2D eigenvalue weighted by Crippen LogP contribution is 2.45. The summed E-state index contributed by atoms with van der Waals surface area (Å²) in [7, 11) is 0. The summed E-state index contributed by atoms with van der Waals surface area (Å²) in [5, 5.41) is 12.4. The van der Waals surface area contributed by atoms with Crippen molar-refractivity contribution in [2.75, 3.05) is 4.90 Å². The Morgan fingerprint density at radius 1 is 1.03 bits per heavy atom. The van der Waals surface area contributed by atoms with E-state index in [4.69, 9.17) is 23.2 Å². The van der Waals surface area contributed by atoms with E-state index >= 15 is 0 Å². The van der Waals surface area contributed by atoms with Gasteiger partial charge in [0.2, 0.25) is 0 Å². The van der Waals surface area contributed by atoms with Gasteiger partial charge in [-0.3, -0.25) is 9.59 Å². The number of aliphatic hydroxyl groups is 1. The predicted molar refractivity (Wildman–Crippen MR) is 123 cm³/mol. The Labute approximate surface area is 191 Å². The maximum absolute atomic E-state index is 13.5. The number of carbonyl (C=O) groups is 2. The second-order valence-corrected chi connectivity index (χ2v) is 8.77. The third kappa shape index (κ3) is 3.87. The van der Waals surface area contributed by atoms with Crippen molar-refractivity contribution in [2.45, 2.75) is 32.4 Å². The van der Waals surface area contributed by atoms with Crippen molar-refractivity contribution in [2.24, 2.45) is 0 Å². The first-order valence-electron chi connectivity index (χ1n) is 9.89. The van der Waals surface area contributed by atoms with Crippen LogP contribution in [0.25, 0.3) is 0 Å². The predicted octanol–water partition coefficient (Wildman–Crippen LogP) is 5.62. The van der Waals surface area contributed by atoms with Gasteiger partial charge in [-0.25, -0.2) is 0 Å². The highest BCUT2D eigenvalue weighted by Gasteiger charge is 2.51. The van der Waals surface area contributed by atoms with Gasteiger partial charge in [0.05, 0.1) is 18.7 Å². The Morgan fingerprint density at radius 2 is 1.77 bits per heavy atom. The second kappa shape index (κ2) is 8.12. The number of rotatable bonds is 5. The van der Waals surface area contributed by atoms with Gasteiger partial charge in [-0.1, -0.05) is 65.2 Å². The highest BCUT2D eigenvalue weighted by atomic mass is 35.5. The fourth-order valence-corrected chi connectivity index (χ4v) is 4.47. The minimum atomic E-state index is -2.00. The molecule has 0 fully saturated rings. The third-order valence-electron chi connectivity index (χ3n) is 5.68. The molecule has 3 aromatic carbocycles. The Kier molecular flexibility index (Phi) is 5.65. The summed E-state index contributed by atoms with van der Waals surface area (Å²) in [5.41, 5.74) is 1.91. The van der Waals surface area contributed by atoms with Crippen molar-refractivity contribution in [3.63, 3.8) is 0 Å². The fraction of sp³-hybridized carbons (Fsp3) is 0.200. The summed E-state index contributed by atoms with van der Waals surface area (Å²) >= 11 is 12.5. The maximum atomic E-state index is 13.5. The molecule has 0 bridgehead atoms. The van der Waals surface area contributed by atoms with Crippen molar-refractivity contribution >= 4 is 40.6 Å². The first kappa shape index (κ1) is 21.6. The second-order valence-electron chi connectivity index (χ2n) is 7.92. The number of hydrogen-bond acceptors (Lipinski definition) is 3. The molecular formula is C25H21Cl2NO3. The average molecular weight is 454 g/mol. The molecular weight excluding hydrogens is 433 g/mol. The zero-order valence-electron chi connectivity index (χ0n) is 17.2. The normalized spacial score (nSPS) is 17.7. The molecule has 31 heavy (non-hydrogen) atoms. The molecule has 1 aliphatic rings. The van der Waals surface area contributed by atoms with Crippen LogP contribution in [-0.4, -0.2) is 16.8 Å². The summed E-state index contributed by atoms with van der Waals surface area (Å²) in [5.74, 6) is -0.873. The zero-order valence-corrected chi connectivity index (χ0v) is 18.7. The molecule has 4 rings (SSSR count). The van der Waals surface area contributed by atoms with Gasteiger partial charge in [0.1, 0.15) is 0 Å². The largest absolute Gasteiger partial charge is 0.375 e. The number of ketones is 1. The molecule has 0 saturated carbocycles. The SMILES string of the molecule is Cc1ccc(C(=O)C[C@]2(O)C(=O)N(Cc3ccccc3Cl)c3ccc(Cl)cc32)c(C)c1. The van der Waals surface area contributed by atoms with Gasteiger partial charge >= 0.3 is 0 Å². The van der Waals surface area contributed by atoms with Crippen molar-refractivity contribution in [3.05, 3.63) is 98.5 Å². The van der Waals surface area contributed by atoms with Crippen LogP contribution in [0.3, 0.4) is 0 Å². The molecule has 4 nitrogen and oxygen atoms in total. The number of carbonyl (C=O) groups excluding carboxylic acids is 2. The van der Waals surface area contributed by atoms with Gasteiger partial charge < -0.3 is 10.0 Å². The van der Waals surface area contributed by atoms with Gasteiger partial charge in [-0.15, -0.1) is 0 Å². The van der Waals surface area contributed by atoms with Gasteiger partial charge in [0.25, 0.3) is 5.91 Å². The van der Waals surface area contributed by atoms with Gasteiger partial charge in [-0.2, -0.15) is 0 Å². The third-order valence-corrected chi connectivity index (χ3v) is 6.28. The molecule has 1 amide bonds. The Balaban J connectivity index is 1.73. The standard InChI is InChI=1S/C25H21Cl2NO3/c1-15-7-9-19(16(2)11-15)23(29)13-25(31)20-12-18(26)8-10-22(20)28(24(25)30)14-17-5-3-4-6-21(17)27/h3-12,31H,13-14H2,1-2H3/t25-/m1/s1. The number of halogens is 2. The minimum Gasteiger partial charge on any atom is -0.375 e. The Bertz CT molecular complexity index is 1210. The van der Waals surface area contributed by atoms with Crippen LogP contribution in [0.15, 0.2) is 60.7 Å². The van der Waals surface area contributed by atoms with Crippen LogP contribution in [0.1, 0.15) is 39.0 Å². The number of amides is 1. The summed E-state index contributed by atoms with van der Waals surface area (Å²) in [6, 6.07) is 17.6. The Morgan fingerprint density at radius 3 is 2.48 bits per heavy atom. The number of benzene rings is 3. The molecule has 158 valence electrons. The van der Waals surface area contributed by atoms with E-state index in [1.54, 1.807) is 30.3 Å². The first-order chi connectivity index (χ1) is 14.7. The monoisotopic (exact) mass is 453 g/mol. The lowest BCUT2D eigenvalue weighted by molar-refractivity contribution is -0.136. The lowest BCUT2D eigenvalue weighted by Crippen LogP contribution is -2.41. The van der Waals surface area contributed by atoms with Crippen LogP contribution >= 0.6 is 23.2 Å². The van der Waals surface area contributed by atoms with E-state index in [0.717, 1.165) is 16.7 Å². The van der Waals surface area contributed by atoms with E-state index in [1.807, 2.05) is 44.2 Å². The number of anilines is 1. The molecule has 0 aliphatic carbocycles. The van der Waals surface area contributed by atoms with Crippen LogP contribution in [0.5, 0.6) is 0 Å². The summed E-state index contributed by atoms with van der Waals surface area (Å²) in [6.45, 7) is 3.96. The van der Waals surface area contributed by atoms with E-state index in [2.05, 4.69) is 0 Å². The highest BCUT2D eigenvalue weighted by molar-refractivity contribution is 6.31. The van der Waals surface area contributed by atoms with Crippen molar-refractivity contribution in [3.8, 4) is 0 Å². The van der Waals surface area contributed by atoms with Crippen LogP contribution < -0.4 is 4.90 Å². The number of fused-ring (bicyclic) bond motifs is 1. The molecule has 1 atom stereocenters. The summed E-state index contributed by atoms with van der Waals surface area (Å²) < 4.78 is 0. The molecule has 0 unspecified atom stereocenters. The molecule has 1 heterocycles. The lowest BCUT2D eigenvalue weighted by Gasteiger charge is -2.23. The average Bonchev–Trinajstić information content (AvgIpc) is 2.91. The van der Waals surface area contributed by atoms with E-state index in [0.29, 0.717) is 26.9 Å². The van der Waals surface area contributed by atoms with Crippen molar-refractivity contribution in [1.82, 2.24) is 0 Å². The zero-order chi connectivity index (χ0) is 22.3. The van der Waals surface area contributed by atoms with Crippen LogP contribution in [0.2, 0.25) is 10.0 Å². The molecule has 0 aromatic heterocycles. The number of nitrogens with zero attached hydrogens (tertiary/aromatic N) is 1. The minimum absolute atomic E-state index is 0.174. The van der Waals surface area contributed by atoms with Crippen LogP contribution in [0, 0.1) is 13.8 Å². The molecule has 1 N–H and O–H groups in total. The molecule has 0 radical (unpaired) electrons. The number of hydrogen-bond donors (Lipinski definition) is 1. The van der Waals surface area contributed by atoms with E-state index in [9.17, 15) is 14.7 Å². The smallest absolute Gasteiger partial charge is 0.264 e. The summed E-state index contributed by atoms with van der Waals surface area (Å²) in [6.07, 6.45) is -0.373. The van der Waals surface area contributed by atoms with E-state index in [-0.39, 0.29) is 18.7 Å². The van der Waals surface area contributed by atoms with E-state index in [1.165, 1.54) is 4.90 Å². The molecule has 3 aromatic rings. The number of aryl methyl sites for hydroxylation is 2. The first-order valence-corrected chi connectivity index (χ1v) is 10.6. The number of Topliss-reactive ketones (excluding diaryl/α,β-unsaturated/α-hetero) is 1. The van der Waals surface area contributed by atoms with Crippen molar-refractivity contribution < 1.29 is 14.7 Å². The van der Waals surface area contributed by atoms with Gasteiger partial charge in [-0.05, 0) is 49.2 Å². The molecule has 1 aliphatic heterocycles. The topological polar surface area (TPSA) is 57.6 Å². The Hall–Kier alpha value is -2.66. The van der Waals surface area contributed by atoms with Crippen LogP contribution in [-0.2, 0) is 16.9 Å². The maximum Gasteiger partial charge on any atom is 0.264 e. The van der Waals surface area contributed by atoms with Gasteiger partial charge in [0.15, 0.2) is 11.4 Å². The van der Waals surface area contributed by atoms with E-state index < -0.39 is 11.5 Å². The summed E-state index contributed by atoms with van der Waals surface area (Å²) in [4.78, 5) is 28.0. The van der Waals surface area contributed by atoms with Crippen LogP contribution in [0.4, 0.5) is 5.69 Å². The fourth-order valence-electron chi connectivity index (χ4n) is 4.10. The molecule has 0 saturated heterocycles. The van der Waals surface area contributed by atoms with Gasteiger partial charge in [0, 0.05) is 21.2 Å². The molecule has 0 spiro atoms. The lowest BCUT2D eigenvalue weighted by atomic mass is 9.87. The quantitative estimate of drug-likeness (QED) is 0.510. The van der Waals surface area contributed by atoms with Crippen molar-refractivity contribution in [1.29, 1.82) is 0 Å². The molecule has 6 heteroatoms.